The van der Waals surface area contributed by atoms with E-state index in [1.807, 2.05) is 12.1 Å². The van der Waals surface area contributed by atoms with Gasteiger partial charge in [-0.2, -0.15) is 0 Å². The van der Waals surface area contributed by atoms with Crippen molar-refractivity contribution in [3.05, 3.63) is 52.5 Å². The molecule has 2 aromatic rings. The van der Waals surface area contributed by atoms with Gasteiger partial charge in [-0.1, -0.05) is 17.7 Å². The summed E-state index contributed by atoms with van der Waals surface area (Å²) in [5, 5.41) is 3.23. The van der Waals surface area contributed by atoms with Gasteiger partial charge in [-0.25, -0.2) is 13.1 Å². The molecule has 9 nitrogen and oxygen atoms in total. The Labute approximate surface area is 239 Å². The summed E-state index contributed by atoms with van der Waals surface area (Å²) in [6.45, 7) is 3.54. The van der Waals surface area contributed by atoms with E-state index in [9.17, 15) is 18.0 Å². The number of nitrogens with zero attached hydrogens (tertiary/aromatic N) is 1. The number of carbonyl (C=O) groups excluding carboxylic acids is 2. The molecular formula is C29H34ClN3O6S. The predicted octanol–water partition coefficient (Wildman–Crippen LogP) is 3.18. The highest BCUT2D eigenvalue weighted by Gasteiger charge is 2.43. The lowest BCUT2D eigenvalue weighted by Crippen LogP contribution is -2.49. The Morgan fingerprint density at radius 1 is 1.10 bits per heavy atom. The van der Waals surface area contributed by atoms with Crippen LogP contribution >= 0.6 is 11.6 Å². The molecule has 214 valence electrons. The van der Waals surface area contributed by atoms with Gasteiger partial charge in [-0.05, 0) is 92.3 Å². The summed E-state index contributed by atoms with van der Waals surface area (Å²) in [7, 11) is -4.20. The number of amides is 2. The van der Waals surface area contributed by atoms with Gasteiger partial charge in [0.15, 0.2) is 0 Å². The molecule has 1 saturated carbocycles. The number of hydrogen-bond acceptors (Lipinski definition) is 7. The Bertz CT molecular complexity index is 1450. The van der Waals surface area contributed by atoms with Crippen molar-refractivity contribution in [2.45, 2.75) is 55.4 Å². The van der Waals surface area contributed by atoms with E-state index in [1.165, 1.54) is 24.1 Å². The van der Waals surface area contributed by atoms with Crippen LogP contribution in [-0.4, -0.2) is 59.2 Å². The molecule has 2 aromatic carbocycles. The van der Waals surface area contributed by atoms with E-state index in [0.29, 0.717) is 43.7 Å². The number of benzene rings is 2. The van der Waals surface area contributed by atoms with Crippen molar-refractivity contribution in [2.75, 3.05) is 37.8 Å². The van der Waals surface area contributed by atoms with Gasteiger partial charge in [0, 0.05) is 23.5 Å². The third kappa shape index (κ3) is 5.17. The van der Waals surface area contributed by atoms with Gasteiger partial charge in [-0.15, -0.1) is 0 Å². The molecule has 11 heteroatoms. The third-order valence-electron chi connectivity index (χ3n) is 8.92. The number of ether oxygens (including phenoxy) is 2. The summed E-state index contributed by atoms with van der Waals surface area (Å²) in [5.41, 5.74) is 2.88. The van der Waals surface area contributed by atoms with Crippen LogP contribution in [0.5, 0.6) is 5.75 Å². The quantitative estimate of drug-likeness (QED) is 0.487. The standard InChI is InChI=1S/C29H34ClN3O6S/c1-18-28(35)32-40(36,37)23-7-9-26-25(12-23)33(13-20-4-5-21(20)14-38-15-27(34)31-18)16-29(17-39-26)10-2-3-19-11-22(30)6-8-24(19)29/h6-9,11-12,18,20-21H,2-5,10,13-17H2,1H3,(H,31,34)(H,32,35)/t18?,20-,21-,29-/m0/s1. The maximum Gasteiger partial charge on any atom is 0.264 e. The van der Waals surface area contributed by atoms with Crippen molar-refractivity contribution < 1.29 is 27.5 Å². The molecule has 2 aliphatic carbocycles. The zero-order valence-electron chi connectivity index (χ0n) is 22.5. The van der Waals surface area contributed by atoms with Crippen molar-refractivity contribution in [1.82, 2.24) is 10.0 Å². The average molecular weight is 588 g/mol. The van der Waals surface area contributed by atoms with Crippen LogP contribution in [0.1, 0.15) is 43.7 Å². The predicted molar refractivity (Wildman–Crippen MR) is 150 cm³/mol. The largest absolute Gasteiger partial charge is 0.490 e. The molecule has 0 radical (unpaired) electrons. The lowest BCUT2D eigenvalue weighted by atomic mass is 9.69. The van der Waals surface area contributed by atoms with Crippen molar-refractivity contribution in [3.8, 4) is 5.75 Å². The maximum atomic E-state index is 13.3. The second-order valence-electron chi connectivity index (χ2n) is 11.6. The molecule has 1 fully saturated rings. The Morgan fingerprint density at radius 2 is 1.93 bits per heavy atom. The third-order valence-corrected chi connectivity index (χ3v) is 10.5. The molecule has 1 unspecified atom stereocenters. The van der Waals surface area contributed by atoms with Crippen LogP contribution in [-0.2, 0) is 36.2 Å². The monoisotopic (exact) mass is 587 g/mol. The van der Waals surface area contributed by atoms with E-state index in [-0.39, 0.29) is 22.8 Å². The van der Waals surface area contributed by atoms with Crippen molar-refractivity contribution in [2.24, 2.45) is 11.8 Å². The molecule has 4 aliphatic rings. The zero-order valence-corrected chi connectivity index (χ0v) is 24.0. The molecule has 1 spiro atoms. The van der Waals surface area contributed by atoms with Crippen molar-refractivity contribution >= 4 is 39.1 Å². The first kappa shape index (κ1) is 27.4. The lowest BCUT2D eigenvalue weighted by molar-refractivity contribution is -0.131. The minimum atomic E-state index is -4.20. The summed E-state index contributed by atoms with van der Waals surface area (Å²) >= 11 is 6.35. The zero-order chi connectivity index (χ0) is 28.1. The number of rotatable bonds is 0. The number of anilines is 1. The normalized spacial score (nSPS) is 30.1. The van der Waals surface area contributed by atoms with Crippen LogP contribution in [0.25, 0.3) is 0 Å². The molecule has 2 amide bonds. The lowest BCUT2D eigenvalue weighted by Gasteiger charge is -2.44. The van der Waals surface area contributed by atoms with Crippen molar-refractivity contribution in [1.29, 1.82) is 0 Å². The summed E-state index contributed by atoms with van der Waals surface area (Å²) in [5.74, 6) is -0.0473. The smallest absolute Gasteiger partial charge is 0.264 e. The molecule has 2 bridgehead atoms. The molecule has 40 heavy (non-hydrogen) atoms. The van der Waals surface area contributed by atoms with Crippen LogP contribution < -0.4 is 19.7 Å². The van der Waals surface area contributed by atoms with E-state index in [1.54, 1.807) is 12.1 Å². The Balaban J connectivity index is 1.41. The second kappa shape index (κ2) is 10.5. The molecule has 2 aliphatic heterocycles. The van der Waals surface area contributed by atoms with Gasteiger partial charge < -0.3 is 19.7 Å². The van der Waals surface area contributed by atoms with Crippen LogP contribution in [0.3, 0.4) is 0 Å². The van der Waals surface area contributed by atoms with Gasteiger partial charge in [0.2, 0.25) is 5.91 Å². The molecule has 2 N–H and O–H groups in total. The number of carbonyl (C=O) groups is 2. The van der Waals surface area contributed by atoms with E-state index in [0.717, 1.165) is 37.1 Å². The fourth-order valence-electron chi connectivity index (χ4n) is 6.57. The van der Waals surface area contributed by atoms with Crippen LogP contribution in [0.15, 0.2) is 41.3 Å². The SMILES string of the molecule is CC1NC(=O)COC[C@@H]2CC[C@H]2CN2C[C@@]3(CCCc4cc(Cl)ccc43)COc3ccc(cc32)S(=O)(=O)NC1=O. The first-order valence-electron chi connectivity index (χ1n) is 13.9. The number of sulfonamides is 1. The second-order valence-corrected chi connectivity index (χ2v) is 13.7. The van der Waals surface area contributed by atoms with E-state index >= 15 is 0 Å². The minimum absolute atomic E-state index is 0.0286. The van der Waals surface area contributed by atoms with Gasteiger partial charge in [0.05, 0.1) is 23.8 Å². The highest BCUT2D eigenvalue weighted by molar-refractivity contribution is 7.90. The Kier molecular flexibility index (Phi) is 7.21. The number of fused-ring (bicyclic) bond motifs is 4. The Morgan fingerprint density at radius 3 is 2.73 bits per heavy atom. The van der Waals surface area contributed by atoms with Gasteiger partial charge in [0.25, 0.3) is 15.9 Å². The average Bonchev–Trinajstić information content (AvgIpc) is 3.05. The topological polar surface area (TPSA) is 114 Å². The number of aryl methyl sites for hydroxylation is 1. The maximum absolute atomic E-state index is 13.3. The van der Waals surface area contributed by atoms with Gasteiger partial charge >= 0.3 is 0 Å². The summed E-state index contributed by atoms with van der Waals surface area (Å²) in [4.78, 5) is 27.2. The number of hydrogen-bond donors (Lipinski definition) is 2. The molecule has 0 aromatic heterocycles. The fraction of sp³-hybridized carbons (Fsp3) is 0.517. The summed E-state index contributed by atoms with van der Waals surface area (Å²) < 4.78 is 40.9. The van der Waals surface area contributed by atoms with Crippen LogP contribution in [0.2, 0.25) is 5.02 Å². The van der Waals surface area contributed by atoms with E-state index in [4.69, 9.17) is 21.1 Å². The Hall–Kier alpha value is -2.82. The van der Waals surface area contributed by atoms with E-state index in [2.05, 4.69) is 21.0 Å². The first-order chi connectivity index (χ1) is 19.1. The van der Waals surface area contributed by atoms with Gasteiger partial charge in [-0.3, -0.25) is 9.59 Å². The number of nitrogens with one attached hydrogen (secondary N) is 2. The summed E-state index contributed by atoms with van der Waals surface area (Å²) in [6, 6.07) is 9.81. The molecular weight excluding hydrogens is 554 g/mol. The molecule has 2 heterocycles. The molecule has 4 atom stereocenters. The van der Waals surface area contributed by atoms with E-state index < -0.39 is 27.9 Å². The number of halogens is 1. The van der Waals surface area contributed by atoms with Crippen LogP contribution in [0.4, 0.5) is 5.69 Å². The summed E-state index contributed by atoms with van der Waals surface area (Å²) in [6.07, 6.45) is 4.94. The fourth-order valence-corrected chi connectivity index (χ4v) is 7.84. The molecule has 0 saturated heterocycles. The molecule has 6 rings (SSSR count). The van der Waals surface area contributed by atoms with Gasteiger partial charge in [0.1, 0.15) is 18.4 Å². The first-order valence-corrected chi connectivity index (χ1v) is 15.7. The highest BCUT2D eigenvalue weighted by Crippen LogP contribution is 2.46. The van der Waals surface area contributed by atoms with Crippen LogP contribution in [0, 0.1) is 11.8 Å². The van der Waals surface area contributed by atoms with Crippen molar-refractivity contribution in [3.63, 3.8) is 0 Å². The highest BCUT2D eigenvalue weighted by atomic mass is 35.5. The minimum Gasteiger partial charge on any atom is -0.490 e.